The molecule has 2 N–H and O–H groups in total. The first-order valence-corrected chi connectivity index (χ1v) is 4.78. The van der Waals surface area contributed by atoms with E-state index in [1.54, 1.807) is 0 Å². The van der Waals surface area contributed by atoms with Crippen LogP contribution < -0.4 is 5.32 Å². The fourth-order valence-electron chi connectivity index (χ4n) is 2.71. The van der Waals surface area contributed by atoms with Crippen LogP contribution in [0.25, 0.3) is 0 Å². The van der Waals surface area contributed by atoms with Gasteiger partial charge in [0.1, 0.15) is 5.60 Å². The maximum Gasteiger partial charge on any atom is 0.266 e. The monoisotopic (exact) mass is 191 g/mol. The molecule has 0 aromatic rings. The van der Waals surface area contributed by atoms with E-state index < -0.39 is 12.0 Å². The lowest BCUT2D eigenvalue weighted by molar-refractivity contribution is -0.209. The fraction of sp³-hybridized carbons (Fsp3) is 1.00. The van der Waals surface area contributed by atoms with E-state index in [0.29, 0.717) is 12.8 Å². The van der Waals surface area contributed by atoms with E-state index in [4.69, 9.17) is 0 Å². The molecule has 2 rings (SSSR count). The van der Waals surface area contributed by atoms with Gasteiger partial charge in [-0.05, 0) is 44.2 Å². The molecule has 2 aliphatic rings. The molecule has 13 heavy (non-hydrogen) atoms. The van der Waals surface area contributed by atoms with Crippen LogP contribution in [0.15, 0.2) is 0 Å². The molecule has 0 bridgehead atoms. The second kappa shape index (κ2) is 2.89. The number of alkyl halides is 2. The number of hydrogen-bond acceptors (Lipinski definition) is 2. The molecule has 1 saturated heterocycles. The van der Waals surface area contributed by atoms with Crippen molar-refractivity contribution in [3.8, 4) is 0 Å². The zero-order chi connectivity index (χ0) is 9.53. The summed E-state index contributed by atoms with van der Waals surface area (Å²) in [5.41, 5.74) is -1.65. The molecule has 1 heterocycles. The Kier molecular flexibility index (Phi) is 2.07. The van der Waals surface area contributed by atoms with Crippen molar-refractivity contribution in [1.82, 2.24) is 5.32 Å². The van der Waals surface area contributed by atoms with Gasteiger partial charge >= 0.3 is 0 Å². The Morgan fingerprint density at radius 3 is 2.15 bits per heavy atom. The van der Waals surface area contributed by atoms with Crippen molar-refractivity contribution in [2.24, 2.45) is 5.41 Å². The number of hydrogen-bond donors (Lipinski definition) is 2. The number of rotatable bonds is 1. The quantitative estimate of drug-likeness (QED) is 0.651. The lowest BCUT2D eigenvalue weighted by atomic mass is 9.55. The third kappa shape index (κ3) is 1.46. The van der Waals surface area contributed by atoms with Crippen LogP contribution >= 0.6 is 0 Å². The van der Waals surface area contributed by atoms with Crippen LogP contribution in [0.3, 0.4) is 0 Å². The standard InChI is InChI=1S/C9H15F2NO/c10-7(11)9(13)5-8(6-9)1-3-12-4-2-8/h7,12-13H,1-6H2. The molecule has 1 aliphatic carbocycles. The van der Waals surface area contributed by atoms with Gasteiger partial charge in [0.05, 0.1) is 0 Å². The average molecular weight is 191 g/mol. The molecule has 2 fully saturated rings. The smallest absolute Gasteiger partial charge is 0.266 e. The number of nitrogens with one attached hydrogen (secondary N) is 1. The SMILES string of the molecule is OC1(C(F)F)CC2(CCNCC2)C1. The van der Waals surface area contributed by atoms with Gasteiger partial charge in [-0.25, -0.2) is 8.78 Å². The van der Waals surface area contributed by atoms with Crippen molar-refractivity contribution in [3.63, 3.8) is 0 Å². The third-order valence-corrected chi connectivity index (χ3v) is 3.43. The summed E-state index contributed by atoms with van der Waals surface area (Å²) < 4.78 is 24.7. The van der Waals surface area contributed by atoms with Gasteiger partial charge in [-0.2, -0.15) is 0 Å². The summed E-state index contributed by atoms with van der Waals surface area (Å²) in [5, 5.41) is 12.6. The zero-order valence-electron chi connectivity index (χ0n) is 7.52. The lowest BCUT2D eigenvalue weighted by Crippen LogP contribution is -2.59. The van der Waals surface area contributed by atoms with Crippen molar-refractivity contribution in [2.45, 2.75) is 37.7 Å². The molecule has 1 spiro atoms. The van der Waals surface area contributed by atoms with Crippen LogP contribution in [-0.2, 0) is 0 Å². The summed E-state index contributed by atoms with van der Waals surface area (Å²) in [7, 11) is 0. The van der Waals surface area contributed by atoms with Gasteiger partial charge in [0, 0.05) is 0 Å². The van der Waals surface area contributed by atoms with Crippen molar-refractivity contribution in [2.75, 3.05) is 13.1 Å². The van der Waals surface area contributed by atoms with E-state index in [1.807, 2.05) is 0 Å². The normalized spacial score (nSPS) is 30.5. The maximum atomic E-state index is 12.3. The molecular weight excluding hydrogens is 176 g/mol. The first-order valence-electron chi connectivity index (χ1n) is 4.78. The number of piperidine rings is 1. The molecule has 0 aromatic heterocycles. The molecule has 0 amide bonds. The van der Waals surface area contributed by atoms with Crippen LogP contribution in [-0.4, -0.2) is 30.2 Å². The Labute approximate surface area is 76.3 Å². The minimum atomic E-state index is -2.58. The highest BCUT2D eigenvalue weighted by Crippen LogP contribution is 2.55. The summed E-state index contributed by atoms with van der Waals surface area (Å²) in [4.78, 5) is 0. The van der Waals surface area contributed by atoms with Crippen LogP contribution in [0.5, 0.6) is 0 Å². The Morgan fingerprint density at radius 1 is 1.15 bits per heavy atom. The highest BCUT2D eigenvalue weighted by molar-refractivity contribution is 5.06. The first kappa shape index (κ1) is 9.34. The van der Waals surface area contributed by atoms with E-state index >= 15 is 0 Å². The molecule has 1 aliphatic heterocycles. The van der Waals surface area contributed by atoms with E-state index in [9.17, 15) is 13.9 Å². The van der Waals surface area contributed by atoms with Gasteiger partial charge in [0.25, 0.3) is 6.43 Å². The molecule has 4 heteroatoms. The second-order valence-corrected chi connectivity index (χ2v) is 4.51. The largest absolute Gasteiger partial charge is 0.384 e. The van der Waals surface area contributed by atoms with E-state index in [0.717, 1.165) is 25.9 Å². The van der Waals surface area contributed by atoms with Crippen LogP contribution in [0, 0.1) is 5.41 Å². The second-order valence-electron chi connectivity index (χ2n) is 4.51. The van der Waals surface area contributed by atoms with E-state index in [-0.39, 0.29) is 5.41 Å². The first-order chi connectivity index (χ1) is 6.06. The molecule has 76 valence electrons. The maximum absolute atomic E-state index is 12.3. The van der Waals surface area contributed by atoms with Crippen molar-refractivity contribution in [3.05, 3.63) is 0 Å². The summed E-state index contributed by atoms with van der Waals surface area (Å²) in [6.07, 6.45) is -0.129. The van der Waals surface area contributed by atoms with Crippen LogP contribution in [0.2, 0.25) is 0 Å². The Hall–Kier alpha value is -0.220. The Bertz CT molecular complexity index is 194. The molecular formula is C9H15F2NO. The third-order valence-electron chi connectivity index (χ3n) is 3.43. The summed E-state index contributed by atoms with van der Waals surface area (Å²) in [5.74, 6) is 0. The number of halogens is 2. The predicted molar refractivity (Wildman–Crippen MR) is 44.7 cm³/mol. The summed E-state index contributed by atoms with van der Waals surface area (Å²) in [6.45, 7) is 1.80. The zero-order valence-corrected chi connectivity index (χ0v) is 7.52. The average Bonchev–Trinajstić information content (AvgIpc) is 2.03. The van der Waals surface area contributed by atoms with Gasteiger partial charge in [-0.1, -0.05) is 0 Å². The summed E-state index contributed by atoms with van der Waals surface area (Å²) in [6, 6.07) is 0. The molecule has 0 radical (unpaired) electrons. The highest BCUT2D eigenvalue weighted by Gasteiger charge is 2.58. The van der Waals surface area contributed by atoms with Gasteiger partial charge in [0.2, 0.25) is 0 Å². The lowest BCUT2D eigenvalue weighted by Gasteiger charge is -2.54. The van der Waals surface area contributed by atoms with Gasteiger partial charge in [0.15, 0.2) is 0 Å². The highest BCUT2D eigenvalue weighted by atomic mass is 19.3. The summed E-state index contributed by atoms with van der Waals surface area (Å²) >= 11 is 0. The predicted octanol–water partition coefficient (Wildman–Crippen LogP) is 1.15. The minimum absolute atomic E-state index is 0.0242. The van der Waals surface area contributed by atoms with Gasteiger partial charge < -0.3 is 10.4 Å². The molecule has 2 nitrogen and oxygen atoms in total. The van der Waals surface area contributed by atoms with Gasteiger partial charge in [-0.3, -0.25) is 0 Å². The molecule has 0 atom stereocenters. The van der Waals surface area contributed by atoms with Gasteiger partial charge in [-0.15, -0.1) is 0 Å². The molecule has 1 saturated carbocycles. The van der Waals surface area contributed by atoms with Crippen molar-refractivity contribution >= 4 is 0 Å². The van der Waals surface area contributed by atoms with Crippen molar-refractivity contribution in [1.29, 1.82) is 0 Å². The number of aliphatic hydroxyl groups is 1. The Morgan fingerprint density at radius 2 is 1.69 bits per heavy atom. The minimum Gasteiger partial charge on any atom is -0.384 e. The Balaban J connectivity index is 1.94. The van der Waals surface area contributed by atoms with Crippen molar-refractivity contribution < 1.29 is 13.9 Å². The van der Waals surface area contributed by atoms with Crippen LogP contribution in [0.4, 0.5) is 8.78 Å². The van der Waals surface area contributed by atoms with E-state index in [2.05, 4.69) is 5.32 Å². The molecule has 0 unspecified atom stereocenters. The van der Waals surface area contributed by atoms with E-state index in [1.165, 1.54) is 0 Å². The molecule has 0 aromatic carbocycles. The van der Waals surface area contributed by atoms with Crippen LogP contribution in [0.1, 0.15) is 25.7 Å². The fourth-order valence-corrected chi connectivity index (χ4v) is 2.71. The topological polar surface area (TPSA) is 32.3 Å².